The fraction of sp³-hybridized carbons (Fsp3) is 0.615. The van der Waals surface area contributed by atoms with E-state index in [4.69, 9.17) is 0 Å². The summed E-state index contributed by atoms with van der Waals surface area (Å²) in [5.41, 5.74) is 0. The molecule has 5 nitrogen and oxygen atoms in total. The minimum Gasteiger partial charge on any atom is -0.352 e. The molecule has 0 spiro atoms. The van der Waals surface area contributed by atoms with Gasteiger partial charge in [0.1, 0.15) is 0 Å². The molecule has 1 fully saturated rings. The smallest absolute Gasteiger partial charge is 0.261 e. The molecule has 112 valence electrons. The lowest BCUT2D eigenvalue weighted by molar-refractivity contribution is 0.0959. The molecule has 0 radical (unpaired) electrons. The highest BCUT2D eigenvalue weighted by Crippen LogP contribution is 2.23. The van der Waals surface area contributed by atoms with Crippen molar-refractivity contribution in [3.8, 4) is 0 Å². The van der Waals surface area contributed by atoms with Gasteiger partial charge in [0.05, 0.1) is 9.77 Å². The van der Waals surface area contributed by atoms with Gasteiger partial charge in [-0.25, -0.2) is 13.1 Å². The van der Waals surface area contributed by atoms with Crippen LogP contribution in [0.25, 0.3) is 0 Å². The fourth-order valence-electron chi connectivity index (χ4n) is 2.33. The van der Waals surface area contributed by atoms with Crippen LogP contribution in [0, 0.1) is 0 Å². The van der Waals surface area contributed by atoms with Gasteiger partial charge in [0.25, 0.3) is 5.91 Å². The number of nitrogens with one attached hydrogen (secondary N) is 2. The molecule has 1 heterocycles. The summed E-state index contributed by atoms with van der Waals surface area (Å²) in [6.45, 7) is 2.35. The van der Waals surface area contributed by atoms with Crippen molar-refractivity contribution in [1.29, 1.82) is 0 Å². The van der Waals surface area contributed by atoms with E-state index in [1.54, 1.807) is 0 Å². The molecular weight excluding hydrogens is 296 g/mol. The minimum absolute atomic E-state index is 0.0292. The van der Waals surface area contributed by atoms with E-state index in [1.807, 2.05) is 6.92 Å². The second-order valence-electron chi connectivity index (χ2n) is 4.96. The normalized spacial score (nSPS) is 17.1. The third-order valence-electron chi connectivity index (χ3n) is 3.37. The molecular formula is C13H20N2O3S2. The predicted molar refractivity (Wildman–Crippen MR) is 79.5 cm³/mol. The number of hydrogen-bond donors (Lipinski definition) is 2. The van der Waals surface area contributed by atoms with Gasteiger partial charge in [-0.15, -0.1) is 11.3 Å². The molecule has 7 heteroatoms. The van der Waals surface area contributed by atoms with Crippen LogP contribution in [0.3, 0.4) is 0 Å². The van der Waals surface area contributed by atoms with E-state index in [-0.39, 0.29) is 16.8 Å². The van der Waals surface area contributed by atoms with Gasteiger partial charge in [-0.05, 0) is 25.8 Å². The Balaban J connectivity index is 2.07. The Morgan fingerprint density at radius 1 is 1.35 bits per heavy atom. The first kappa shape index (κ1) is 15.5. The highest BCUT2D eigenvalue weighted by Gasteiger charge is 2.23. The Morgan fingerprint density at radius 2 is 2.05 bits per heavy atom. The van der Waals surface area contributed by atoms with Crippen molar-refractivity contribution < 1.29 is 13.2 Å². The number of rotatable bonds is 5. The summed E-state index contributed by atoms with van der Waals surface area (Å²) in [7, 11) is -3.51. The van der Waals surface area contributed by atoms with Crippen molar-refractivity contribution in [2.75, 3.05) is 6.54 Å². The Labute approximate surface area is 123 Å². The van der Waals surface area contributed by atoms with Crippen molar-refractivity contribution in [3.63, 3.8) is 0 Å². The molecule has 0 unspecified atom stereocenters. The van der Waals surface area contributed by atoms with Crippen LogP contribution in [-0.2, 0) is 10.0 Å². The van der Waals surface area contributed by atoms with Gasteiger partial charge in [0.2, 0.25) is 10.0 Å². The molecule has 0 bridgehead atoms. The standard InChI is InChI=1S/C13H20N2O3S2/c1-2-14-13(16)12-8-11(9-19-12)20(17,18)15-10-6-4-3-5-7-10/h8-10,15H,2-7H2,1H3,(H,14,16). The van der Waals surface area contributed by atoms with E-state index < -0.39 is 10.0 Å². The van der Waals surface area contributed by atoms with Crippen LogP contribution in [0.15, 0.2) is 16.3 Å². The van der Waals surface area contributed by atoms with E-state index in [9.17, 15) is 13.2 Å². The number of thiophene rings is 1. The van der Waals surface area contributed by atoms with Crippen LogP contribution < -0.4 is 10.0 Å². The summed E-state index contributed by atoms with van der Waals surface area (Å²) in [5, 5.41) is 4.19. The number of carbonyl (C=O) groups excluding carboxylic acids is 1. The average molecular weight is 316 g/mol. The van der Waals surface area contributed by atoms with Crippen molar-refractivity contribution in [3.05, 3.63) is 16.3 Å². The van der Waals surface area contributed by atoms with Crippen molar-refractivity contribution in [2.45, 2.75) is 50.0 Å². The van der Waals surface area contributed by atoms with Crippen LogP contribution in [0.2, 0.25) is 0 Å². The molecule has 1 aliphatic carbocycles. The summed E-state index contributed by atoms with van der Waals surface area (Å²) in [6, 6.07) is 1.47. The summed E-state index contributed by atoms with van der Waals surface area (Å²) in [6.07, 6.45) is 5.11. The Kier molecular flexibility index (Phi) is 5.17. The average Bonchev–Trinajstić information content (AvgIpc) is 2.90. The number of amides is 1. The highest BCUT2D eigenvalue weighted by molar-refractivity contribution is 7.89. The van der Waals surface area contributed by atoms with Gasteiger partial charge in [-0.1, -0.05) is 19.3 Å². The van der Waals surface area contributed by atoms with Gasteiger partial charge < -0.3 is 5.32 Å². The molecule has 0 saturated heterocycles. The second-order valence-corrected chi connectivity index (χ2v) is 7.59. The number of carbonyl (C=O) groups is 1. The Hall–Kier alpha value is -0.920. The lowest BCUT2D eigenvalue weighted by Crippen LogP contribution is -2.36. The lowest BCUT2D eigenvalue weighted by atomic mass is 9.96. The first-order chi connectivity index (χ1) is 9.53. The number of sulfonamides is 1. The number of hydrogen-bond acceptors (Lipinski definition) is 4. The van der Waals surface area contributed by atoms with Crippen LogP contribution >= 0.6 is 11.3 Å². The SMILES string of the molecule is CCNC(=O)c1cc(S(=O)(=O)NC2CCCCC2)cs1. The summed E-state index contributed by atoms with van der Waals surface area (Å²) in [4.78, 5) is 12.3. The quantitative estimate of drug-likeness (QED) is 0.873. The zero-order chi connectivity index (χ0) is 14.6. The van der Waals surface area contributed by atoms with E-state index in [2.05, 4.69) is 10.0 Å². The van der Waals surface area contributed by atoms with Crippen molar-refractivity contribution in [2.24, 2.45) is 0 Å². The molecule has 1 aliphatic rings. The van der Waals surface area contributed by atoms with E-state index in [0.29, 0.717) is 11.4 Å². The molecule has 1 aromatic heterocycles. The topological polar surface area (TPSA) is 75.3 Å². The maximum atomic E-state index is 12.3. The summed E-state index contributed by atoms with van der Waals surface area (Å²) < 4.78 is 27.3. The zero-order valence-corrected chi connectivity index (χ0v) is 13.1. The first-order valence-corrected chi connectivity index (χ1v) is 9.28. The van der Waals surface area contributed by atoms with Crippen molar-refractivity contribution in [1.82, 2.24) is 10.0 Å². The molecule has 2 rings (SSSR count). The summed E-state index contributed by atoms with van der Waals surface area (Å²) >= 11 is 1.16. The van der Waals surface area contributed by atoms with E-state index in [1.165, 1.54) is 17.9 Å². The monoisotopic (exact) mass is 316 g/mol. The maximum absolute atomic E-state index is 12.3. The van der Waals surface area contributed by atoms with Gasteiger partial charge in [0.15, 0.2) is 0 Å². The third-order valence-corrected chi connectivity index (χ3v) is 5.95. The van der Waals surface area contributed by atoms with Gasteiger partial charge in [-0.2, -0.15) is 0 Å². The lowest BCUT2D eigenvalue weighted by Gasteiger charge is -2.22. The Morgan fingerprint density at radius 3 is 2.70 bits per heavy atom. The van der Waals surface area contributed by atoms with Crippen LogP contribution in [0.4, 0.5) is 0 Å². The van der Waals surface area contributed by atoms with Crippen LogP contribution in [0.5, 0.6) is 0 Å². The fourth-order valence-corrected chi connectivity index (χ4v) is 4.83. The van der Waals surface area contributed by atoms with Crippen LogP contribution in [-0.4, -0.2) is 26.9 Å². The summed E-state index contributed by atoms with van der Waals surface area (Å²) in [5.74, 6) is -0.225. The Bertz CT molecular complexity index is 560. The molecule has 0 atom stereocenters. The van der Waals surface area contributed by atoms with Gasteiger partial charge >= 0.3 is 0 Å². The minimum atomic E-state index is -3.51. The predicted octanol–water partition coefficient (Wildman–Crippen LogP) is 2.11. The van der Waals surface area contributed by atoms with Crippen LogP contribution in [0.1, 0.15) is 48.7 Å². The molecule has 20 heavy (non-hydrogen) atoms. The van der Waals surface area contributed by atoms with E-state index >= 15 is 0 Å². The molecule has 0 aliphatic heterocycles. The zero-order valence-electron chi connectivity index (χ0n) is 11.5. The van der Waals surface area contributed by atoms with Gasteiger partial charge in [-0.3, -0.25) is 4.79 Å². The first-order valence-electron chi connectivity index (χ1n) is 6.92. The second kappa shape index (κ2) is 6.69. The molecule has 1 aromatic rings. The maximum Gasteiger partial charge on any atom is 0.261 e. The largest absolute Gasteiger partial charge is 0.352 e. The molecule has 2 N–H and O–H groups in total. The molecule has 1 saturated carbocycles. The third kappa shape index (κ3) is 3.80. The van der Waals surface area contributed by atoms with Gasteiger partial charge in [0, 0.05) is 18.0 Å². The molecule has 1 amide bonds. The van der Waals surface area contributed by atoms with Crippen molar-refractivity contribution >= 4 is 27.3 Å². The highest BCUT2D eigenvalue weighted by atomic mass is 32.2. The molecule has 0 aromatic carbocycles. The van der Waals surface area contributed by atoms with E-state index in [0.717, 1.165) is 37.0 Å².